The molecule has 106 valence electrons. The van der Waals surface area contributed by atoms with Gasteiger partial charge in [-0.25, -0.2) is 4.39 Å². The zero-order valence-corrected chi connectivity index (χ0v) is 13.5. The quantitative estimate of drug-likeness (QED) is 0.747. The highest BCUT2D eigenvalue weighted by atomic mass is 79.9. The van der Waals surface area contributed by atoms with Crippen LogP contribution in [0.25, 0.3) is 0 Å². The SMILES string of the molecule is CCC(NCc1ccc(Cl)c(F)c1)c1ccc(Br)cc1. The molecule has 0 aliphatic carbocycles. The zero-order chi connectivity index (χ0) is 14.5. The van der Waals surface area contributed by atoms with E-state index in [2.05, 4.69) is 40.3 Å². The highest BCUT2D eigenvalue weighted by Gasteiger charge is 2.09. The first-order chi connectivity index (χ1) is 9.60. The topological polar surface area (TPSA) is 12.0 Å². The Hall–Kier alpha value is -0.900. The predicted octanol–water partition coefficient (Wildman–Crippen LogP) is 5.48. The van der Waals surface area contributed by atoms with Crippen LogP contribution in [0.2, 0.25) is 5.02 Å². The molecule has 0 bridgehead atoms. The molecular weight excluding hydrogens is 341 g/mol. The maximum atomic E-state index is 13.4. The average molecular weight is 357 g/mol. The molecule has 1 nitrogen and oxygen atoms in total. The maximum absolute atomic E-state index is 13.4. The summed E-state index contributed by atoms with van der Waals surface area (Å²) in [6.07, 6.45) is 0.970. The Morgan fingerprint density at radius 3 is 2.50 bits per heavy atom. The number of halogens is 3. The van der Waals surface area contributed by atoms with Crippen LogP contribution in [0, 0.1) is 5.82 Å². The summed E-state index contributed by atoms with van der Waals surface area (Å²) in [5.74, 6) is -0.373. The van der Waals surface area contributed by atoms with Crippen LogP contribution in [0.1, 0.15) is 30.5 Å². The van der Waals surface area contributed by atoms with Crippen molar-refractivity contribution in [3.05, 3.63) is 68.9 Å². The van der Waals surface area contributed by atoms with Crippen LogP contribution < -0.4 is 5.32 Å². The highest BCUT2D eigenvalue weighted by Crippen LogP contribution is 2.21. The normalized spacial score (nSPS) is 12.4. The molecule has 0 amide bonds. The summed E-state index contributed by atoms with van der Waals surface area (Å²) in [6.45, 7) is 2.74. The van der Waals surface area contributed by atoms with Crippen LogP contribution in [0.5, 0.6) is 0 Å². The molecule has 0 spiro atoms. The third-order valence-electron chi connectivity index (χ3n) is 3.22. The molecule has 0 radical (unpaired) electrons. The molecule has 0 aromatic heterocycles. The van der Waals surface area contributed by atoms with E-state index in [9.17, 15) is 4.39 Å². The lowest BCUT2D eigenvalue weighted by molar-refractivity contribution is 0.517. The van der Waals surface area contributed by atoms with E-state index < -0.39 is 0 Å². The lowest BCUT2D eigenvalue weighted by Gasteiger charge is -2.17. The first-order valence-corrected chi connectivity index (χ1v) is 7.70. The van der Waals surface area contributed by atoms with Gasteiger partial charge in [-0.15, -0.1) is 0 Å². The van der Waals surface area contributed by atoms with Gasteiger partial charge in [0.2, 0.25) is 0 Å². The molecule has 1 atom stereocenters. The lowest BCUT2D eigenvalue weighted by Crippen LogP contribution is -2.20. The van der Waals surface area contributed by atoms with Gasteiger partial charge in [-0.3, -0.25) is 0 Å². The fraction of sp³-hybridized carbons (Fsp3) is 0.250. The van der Waals surface area contributed by atoms with Gasteiger partial charge in [0.15, 0.2) is 0 Å². The molecule has 2 rings (SSSR count). The lowest BCUT2D eigenvalue weighted by atomic mass is 10.0. The summed E-state index contributed by atoms with van der Waals surface area (Å²) in [5, 5.41) is 3.60. The van der Waals surface area contributed by atoms with E-state index in [4.69, 9.17) is 11.6 Å². The van der Waals surface area contributed by atoms with Gasteiger partial charge in [0.1, 0.15) is 5.82 Å². The molecule has 0 fully saturated rings. The minimum absolute atomic E-state index is 0.161. The van der Waals surface area contributed by atoms with E-state index in [0.29, 0.717) is 6.54 Å². The van der Waals surface area contributed by atoms with E-state index in [1.807, 2.05) is 18.2 Å². The molecule has 2 aromatic rings. The van der Waals surface area contributed by atoms with E-state index in [-0.39, 0.29) is 16.9 Å². The first-order valence-electron chi connectivity index (χ1n) is 6.53. The minimum atomic E-state index is -0.373. The molecule has 4 heteroatoms. The van der Waals surface area contributed by atoms with Crippen molar-refractivity contribution in [2.24, 2.45) is 0 Å². The standard InChI is InChI=1S/C16H16BrClFN/c1-2-16(12-4-6-13(17)7-5-12)20-10-11-3-8-14(18)15(19)9-11/h3-9,16,20H,2,10H2,1H3. The summed E-state index contributed by atoms with van der Waals surface area (Å²) >= 11 is 9.11. The minimum Gasteiger partial charge on any atom is -0.306 e. The molecule has 2 aromatic carbocycles. The summed E-state index contributed by atoms with van der Waals surface area (Å²) in [7, 11) is 0. The Morgan fingerprint density at radius 1 is 1.20 bits per heavy atom. The van der Waals surface area contributed by atoms with E-state index in [1.54, 1.807) is 6.07 Å². The van der Waals surface area contributed by atoms with Gasteiger partial charge in [-0.1, -0.05) is 52.7 Å². The molecule has 1 N–H and O–H groups in total. The summed E-state index contributed by atoms with van der Waals surface area (Å²) in [4.78, 5) is 0. The number of hydrogen-bond donors (Lipinski definition) is 1. The second-order valence-corrected chi connectivity index (χ2v) is 5.96. The van der Waals surface area contributed by atoms with Crippen LogP contribution in [-0.4, -0.2) is 0 Å². The number of nitrogens with one attached hydrogen (secondary N) is 1. The number of hydrogen-bond acceptors (Lipinski definition) is 1. The Bertz CT molecular complexity index is 571. The molecular formula is C16H16BrClFN. The van der Waals surface area contributed by atoms with Gasteiger partial charge in [-0.05, 0) is 41.8 Å². The summed E-state index contributed by atoms with van der Waals surface area (Å²) < 4.78 is 14.5. The number of benzene rings is 2. The van der Waals surface area contributed by atoms with Crippen molar-refractivity contribution >= 4 is 27.5 Å². The molecule has 0 aliphatic heterocycles. The van der Waals surface area contributed by atoms with E-state index >= 15 is 0 Å². The van der Waals surface area contributed by atoms with Gasteiger partial charge >= 0.3 is 0 Å². The molecule has 0 saturated carbocycles. The predicted molar refractivity (Wildman–Crippen MR) is 85.4 cm³/mol. The molecule has 1 unspecified atom stereocenters. The fourth-order valence-corrected chi connectivity index (χ4v) is 2.47. The molecule has 0 heterocycles. The van der Waals surface area contributed by atoms with Crippen LogP contribution in [0.15, 0.2) is 46.9 Å². The molecule has 0 aliphatic rings. The zero-order valence-electron chi connectivity index (χ0n) is 11.2. The Morgan fingerprint density at radius 2 is 1.90 bits per heavy atom. The van der Waals surface area contributed by atoms with E-state index in [0.717, 1.165) is 16.5 Å². The fourth-order valence-electron chi connectivity index (χ4n) is 2.08. The van der Waals surface area contributed by atoms with Gasteiger partial charge in [0, 0.05) is 17.1 Å². The second kappa shape index (κ2) is 7.21. The van der Waals surface area contributed by atoms with Crippen LogP contribution in [0.3, 0.4) is 0 Å². The molecule has 20 heavy (non-hydrogen) atoms. The van der Waals surface area contributed by atoms with Crippen molar-refractivity contribution in [1.82, 2.24) is 5.32 Å². The van der Waals surface area contributed by atoms with Crippen molar-refractivity contribution in [3.63, 3.8) is 0 Å². The Balaban J connectivity index is 2.03. The van der Waals surface area contributed by atoms with Crippen molar-refractivity contribution in [1.29, 1.82) is 0 Å². The second-order valence-electron chi connectivity index (χ2n) is 4.64. The van der Waals surface area contributed by atoms with E-state index in [1.165, 1.54) is 11.6 Å². The summed E-state index contributed by atoms with van der Waals surface area (Å²) in [5.41, 5.74) is 2.12. The molecule has 0 saturated heterocycles. The Kier molecular flexibility index (Phi) is 5.58. The van der Waals surface area contributed by atoms with Crippen molar-refractivity contribution in [2.75, 3.05) is 0 Å². The van der Waals surface area contributed by atoms with Crippen LogP contribution >= 0.6 is 27.5 Å². The highest BCUT2D eigenvalue weighted by molar-refractivity contribution is 9.10. The third kappa shape index (κ3) is 4.05. The monoisotopic (exact) mass is 355 g/mol. The van der Waals surface area contributed by atoms with Crippen LogP contribution in [-0.2, 0) is 6.54 Å². The third-order valence-corrected chi connectivity index (χ3v) is 4.05. The van der Waals surface area contributed by atoms with Gasteiger partial charge in [-0.2, -0.15) is 0 Å². The smallest absolute Gasteiger partial charge is 0.142 e. The first kappa shape index (κ1) is 15.5. The average Bonchev–Trinajstić information content (AvgIpc) is 2.45. The van der Waals surface area contributed by atoms with Gasteiger partial charge < -0.3 is 5.32 Å². The largest absolute Gasteiger partial charge is 0.306 e. The maximum Gasteiger partial charge on any atom is 0.142 e. The van der Waals surface area contributed by atoms with Gasteiger partial charge in [0.25, 0.3) is 0 Å². The Labute approximate surface area is 132 Å². The van der Waals surface area contributed by atoms with Crippen molar-refractivity contribution in [2.45, 2.75) is 25.9 Å². The number of rotatable bonds is 5. The van der Waals surface area contributed by atoms with Crippen molar-refractivity contribution < 1.29 is 4.39 Å². The van der Waals surface area contributed by atoms with Crippen molar-refractivity contribution in [3.8, 4) is 0 Å². The van der Waals surface area contributed by atoms with Gasteiger partial charge in [0.05, 0.1) is 5.02 Å². The summed E-state index contributed by atoms with van der Waals surface area (Å²) in [6, 6.07) is 13.4. The van der Waals surface area contributed by atoms with Crippen LogP contribution in [0.4, 0.5) is 4.39 Å².